The van der Waals surface area contributed by atoms with Crippen molar-refractivity contribution < 1.29 is 14.8 Å². The third kappa shape index (κ3) is 2.55. The molecule has 3 atom stereocenters. The van der Waals surface area contributed by atoms with E-state index in [-0.39, 0.29) is 29.1 Å². The number of rotatable bonds is 3. The van der Waals surface area contributed by atoms with Crippen molar-refractivity contribution in [3.05, 3.63) is 81.4 Å². The fourth-order valence-corrected chi connectivity index (χ4v) is 3.88. The minimum atomic E-state index is -1.19. The zero-order valence-electron chi connectivity index (χ0n) is 13.2. The smallest absolute Gasteiger partial charge is 0.269 e. The van der Waals surface area contributed by atoms with Crippen molar-refractivity contribution in [1.82, 2.24) is 0 Å². The number of non-ortho nitro benzene ring substituents is 1. The van der Waals surface area contributed by atoms with E-state index in [1.165, 1.54) is 12.1 Å². The molecule has 0 aromatic heterocycles. The molecule has 0 radical (unpaired) electrons. The lowest BCUT2D eigenvalue weighted by Crippen LogP contribution is -2.30. The number of aromatic carboxylic acids is 1. The standard InChI is InChI=1S/C19H16N2O4/c22-19(23)12-7-8-17-16(10-12)14-5-2-6-15(14)18(20-17)11-3-1-4-13(9-11)21(24)25/h1-5,7-10,14-15,18,20H,6H2,(H,22,23)/p-1/t14-,15+,18-/m1/s1. The van der Waals surface area contributed by atoms with Gasteiger partial charge in [0.1, 0.15) is 0 Å². The van der Waals surface area contributed by atoms with Gasteiger partial charge in [-0.3, -0.25) is 10.1 Å². The maximum Gasteiger partial charge on any atom is 0.269 e. The van der Waals surface area contributed by atoms with Gasteiger partial charge in [-0.2, -0.15) is 0 Å². The Labute approximate surface area is 144 Å². The van der Waals surface area contributed by atoms with Crippen LogP contribution in [-0.4, -0.2) is 10.9 Å². The number of fused-ring (bicyclic) bond motifs is 3. The van der Waals surface area contributed by atoms with Crippen LogP contribution in [0.1, 0.15) is 39.9 Å². The third-order valence-corrected chi connectivity index (χ3v) is 5.04. The molecule has 0 spiro atoms. The second kappa shape index (κ2) is 5.73. The van der Waals surface area contributed by atoms with E-state index in [2.05, 4.69) is 17.5 Å². The molecule has 0 saturated carbocycles. The number of nitro groups is 1. The van der Waals surface area contributed by atoms with Gasteiger partial charge >= 0.3 is 0 Å². The minimum Gasteiger partial charge on any atom is -0.545 e. The Morgan fingerprint density at radius 3 is 2.80 bits per heavy atom. The summed E-state index contributed by atoms with van der Waals surface area (Å²) >= 11 is 0. The van der Waals surface area contributed by atoms with Gasteiger partial charge in [0.2, 0.25) is 0 Å². The lowest BCUT2D eigenvalue weighted by Gasteiger charge is -2.37. The first kappa shape index (κ1) is 15.4. The minimum absolute atomic E-state index is 0.0683. The Bertz CT molecular complexity index is 906. The van der Waals surface area contributed by atoms with Crippen LogP contribution in [0.15, 0.2) is 54.6 Å². The van der Waals surface area contributed by atoms with Gasteiger partial charge in [0.05, 0.1) is 16.9 Å². The molecule has 1 aliphatic carbocycles. The van der Waals surface area contributed by atoms with E-state index < -0.39 is 10.9 Å². The molecule has 1 aliphatic heterocycles. The number of hydrogen-bond donors (Lipinski definition) is 1. The molecule has 25 heavy (non-hydrogen) atoms. The molecule has 0 amide bonds. The molecule has 2 aromatic rings. The Morgan fingerprint density at radius 2 is 2.04 bits per heavy atom. The summed E-state index contributed by atoms with van der Waals surface area (Å²) in [6.07, 6.45) is 5.01. The number of benzene rings is 2. The number of nitro benzene ring substituents is 1. The summed E-state index contributed by atoms with van der Waals surface area (Å²) in [5, 5.41) is 25.7. The monoisotopic (exact) mass is 335 g/mol. The number of allylic oxidation sites excluding steroid dienone is 2. The van der Waals surface area contributed by atoms with Crippen molar-refractivity contribution in [2.75, 3.05) is 5.32 Å². The summed E-state index contributed by atoms with van der Waals surface area (Å²) in [7, 11) is 0. The Kier molecular flexibility index (Phi) is 3.53. The van der Waals surface area contributed by atoms with Crippen LogP contribution in [-0.2, 0) is 0 Å². The molecule has 0 unspecified atom stereocenters. The molecule has 2 aromatic carbocycles. The van der Waals surface area contributed by atoms with Crippen LogP contribution < -0.4 is 10.4 Å². The molecule has 4 rings (SSSR count). The molecule has 6 nitrogen and oxygen atoms in total. The van der Waals surface area contributed by atoms with E-state index in [1.54, 1.807) is 24.3 Å². The largest absolute Gasteiger partial charge is 0.545 e. The zero-order chi connectivity index (χ0) is 17.6. The summed E-state index contributed by atoms with van der Waals surface area (Å²) in [6.45, 7) is 0. The van der Waals surface area contributed by atoms with Crippen molar-refractivity contribution in [3.8, 4) is 0 Å². The maximum atomic E-state index is 11.2. The van der Waals surface area contributed by atoms with E-state index in [0.29, 0.717) is 0 Å². The normalized spacial score (nSPS) is 23.4. The fourth-order valence-electron chi connectivity index (χ4n) is 3.88. The zero-order valence-corrected chi connectivity index (χ0v) is 13.2. The van der Waals surface area contributed by atoms with Crippen molar-refractivity contribution in [2.45, 2.75) is 18.4 Å². The van der Waals surface area contributed by atoms with Gasteiger partial charge in [0, 0.05) is 23.7 Å². The number of carbonyl (C=O) groups excluding carboxylic acids is 1. The van der Waals surface area contributed by atoms with Gasteiger partial charge in [0.15, 0.2) is 0 Å². The number of carbonyl (C=O) groups is 1. The number of carboxylic acid groups (broad SMARTS) is 1. The van der Waals surface area contributed by atoms with E-state index in [4.69, 9.17) is 0 Å². The predicted molar refractivity (Wildman–Crippen MR) is 90.2 cm³/mol. The third-order valence-electron chi connectivity index (χ3n) is 5.04. The summed E-state index contributed by atoms with van der Waals surface area (Å²) in [6, 6.07) is 11.5. The van der Waals surface area contributed by atoms with Gasteiger partial charge in [-0.15, -0.1) is 0 Å². The van der Waals surface area contributed by atoms with Crippen molar-refractivity contribution in [1.29, 1.82) is 0 Å². The highest BCUT2D eigenvalue weighted by Gasteiger charge is 2.38. The van der Waals surface area contributed by atoms with Gasteiger partial charge in [0.25, 0.3) is 5.69 Å². The van der Waals surface area contributed by atoms with Gasteiger partial charge in [-0.25, -0.2) is 0 Å². The molecule has 6 heteroatoms. The molecule has 126 valence electrons. The molecule has 0 fully saturated rings. The summed E-state index contributed by atoms with van der Waals surface area (Å²) in [4.78, 5) is 21.8. The Hall–Kier alpha value is -3.15. The molecule has 1 heterocycles. The van der Waals surface area contributed by atoms with Crippen molar-refractivity contribution >= 4 is 17.3 Å². The summed E-state index contributed by atoms with van der Waals surface area (Å²) in [5.41, 5.74) is 2.88. The van der Waals surface area contributed by atoms with E-state index >= 15 is 0 Å². The second-order valence-corrected chi connectivity index (χ2v) is 6.42. The molecule has 2 aliphatic rings. The van der Waals surface area contributed by atoms with Crippen LogP contribution in [0.2, 0.25) is 0 Å². The Balaban J connectivity index is 1.77. The SMILES string of the molecule is O=C([O-])c1ccc2c(c1)[C@@H]1C=CC[C@@H]1[C@@H](c1cccc([N+](=O)[O-])c1)N2. The molecule has 1 N–H and O–H groups in total. The first-order valence-corrected chi connectivity index (χ1v) is 8.07. The lowest BCUT2D eigenvalue weighted by molar-refractivity contribution is -0.384. The quantitative estimate of drug-likeness (QED) is 0.529. The average molecular weight is 335 g/mol. The number of hydrogen-bond acceptors (Lipinski definition) is 5. The number of nitrogens with one attached hydrogen (secondary N) is 1. The molecular weight excluding hydrogens is 320 g/mol. The number of nitrogens with zero attached hydrogens (tertiary/aromatic N) is 1. The Morgan fingerprint density at radius 1 is 1.20 bits per heavy atom. The molecule has 0 bridgehead atoms. The molecule has 0 saturated heterocycles. The van der Waals surface area contributed by atoms with Crippen molar-refractivity contribution in [2.24, 2.45) is 5.92 Å². The fraction of sp³-hybridized carbons (Fsp3) is 0.211. The van der Waals surface area contributed by atoms with Gasteiger partial charge < -0.3 is 15.2 Å². The second-order valence-electron chi connectivity index (χ2n) is 6.42. The predicted octanol–water partition coefficient (Wildman–Crippen LogP) is 2.78. The van der Waals surface area contributed by atoms with E-state index in [9.17, 15) is 20.0 Å². The summed E-state index contributed by atoms with van der Waals surface area (Å²) < 4.78 is 0. The number of anilines is 1. The van der Waals surface area contributed by atoms with Crippen molar-refractivity contribution in [3.63, 3.8) is 0 Å². The van der Waals surface area contributed by atoms with Crippen LogP contribution in [0.25, 0.3) is 0 Å². The highest BCUT2D eigenvalue weighted by Crippen LogP contribution is 2.50. The van der Waals surface area contributed by atoms with Crippen LogP contribution in [0, 0.1) is 16.0 Å². The van der Waals surface area contributed by atoms with E-state index in [0.717, 1.165) is 23.2 Å². The van der Waals surface area contributed by atoms with Crippen LogP contribution in [0.3, 0.4) is 0 Å². The maximum absolute atomic E-state index is 11.2. The molecular formula is C19H15N2O4-. The summed E-state index contributed by atoms with van der Waals surface area (Å²) in [5.74, 6) is -0.923. The first-order chi connectivity index (χ1) is 12.0. The number of carboxylic acids is 1. The lowest BCUT2D eigenvalue weighted by atomic mass is 9.76. The highest BCUT2D eigenvalue weighted by molar-refractivity contribution is 5.87. The highest BCUT2D eigenvalue weighted by atomic mass is 16.6. The van der Waals surface area contributed by atoms with E-state index in [1.807, 2.05) is 6.07 Å². The van der Waals surface area contributed by atoms with Crippen LogP contribution >= 0.6 is 0 Å². The average Bonchev–Trinajstić information content (AvgIpc) is 3.10. The first-order valence-electron chi connectivity index (χ1n) is 8.07. The van der Waals surface area contributed by atoms with Gasteiger partial charge in [-0.05, 0) is 41.2 Å². The van der Waals surface area contributed by atoms with Crippen LogP contribution in [0.4, 0.5) is 11.4 Å². The van der Waals surface area contributed by atoms with Gasteiger partial charge in [-0.1, -0.05) is 30.4 Å². The topological polar surface area (TPSA) is 95.3 Å². The van der Waals surface area contributed by atoms with Crippen LogP contribution in [0.5, 0.6) is 0 Å².